The smallest absolute Gasteiger partial charge is 0.336 e. The highest BCUT2D eigenvalue weighted by Gasteiger charge is 2.30. The summed E-state index contributed by atoms with van der Waals surface area (Å²) in [6.45, 7) is 3.06. The van der Waals surface area contributed by atoms with E-state index in [1.165, 1.54) is 30.0 Å². The molecule has 1 aromatic heterocycles. The zero-order valence-corrected chi connectivity index (χ0v) is 9.98. The van der Waals surface area contributed by atoms with Crippen LogP contribution in [0, 0.1) is 6.92 Å². The van der Waals surface area contributed by atoms with E-state index in [4.69, 9.17) is 10.8 Å². The second-order valence-corrected chi connectivity index (χ2v) is 5.57. The normalized spacial score (nSPS) is 14.9. The van der Waals surface area contributed by atoms with Crippen LogP contribution in [0.5, 0.6) is 0 Å². The van der Waals surface area contributed by atoms with E-state index in [1.54, 1.807) is 6.92 Å². The van der Waals surface area contributed by atoms with Crippen molar-refractivity contribution in [1.29, 1.82) is 0 Å². The van der Waals surface area contributed by atoms with Crippen LogP contribution in [0.3, 0.4) is 0 Å². The van der Waals surface area contributed by atoms with Gasteiger partial charge in [0.05, 0.1) is 9.90 Å². The van der Waals surface area contributed by atoms with Crippen LogP contribution in [-0.4, -0.2) is 32.5 Å². The number of nitrogens with two attached hydrogens (primary N) is 1. The summed E-state index contributed by atoms with van der Waals surface area (Å²) < 4.78 is 0.842. The molecule has 1 atom stereocenters. The molecule has 0 saturated carbocycles. The molecular formula is C8H12N2O3S2. The highest BCUT2D eigenvalue weighted by atomic mass is 32.2. The molecule has 0 aliphatic carbocycles. The van der Waals surface area contributed by atoms with Crippen LogP contribution in [0.15, 0.2) is 4.21 Å². The van der Waals surface area contributed by atoms with Gasteiger partial charge in [0.15, 0.2) is 10.7 Å². The van der Waals surface area contributed by atoms with Crippen molar-refractivity contribution in [3.63, 3.8) is 0 Å². The van der Waals surface area contributed by atoms with Crippen LogP contribution in [0.2, 0.25) is 0 Å². The van der Waals surface area contributed by atoms with E-state index < -0.39 is 11.6 Å². The maximum absolute atomic E-state index is 10.6. The number of aromatic nitrogens is 1. The summed E-state index contributed by atoms with van der Waals surface area (Å²) in [6.07, 6.45) is 0. The molecule has 5 nitrogen and oxygen atoms in total. The van der Waals surface area contributed by atoms with Gasteiger partial charge >= 0.3 is 5.97 Å². The van der Waals surface area contributed by atoms with Gasteiger partial charge in [-0.15, -0.1) is 11.8 Å². The molecule has 0 aromatic carbocycles. The molecule has 4 N–H and O–H groups in total. The number of carboxylic acid groups (broad SMARTS) is 1. The fraction of sp³-hybridized carbons (Fsp3) is 0.500. The van der Waals surface area contributed by atoms with Crippen LogP contribution in [-0.2, 0) is 4.79 Å². The molecule has 0 saturated heterocycles. The lowest BCUT2D eigenvalue weighted by atomic mass is 10.1. The Morgan fingerprint density at radius 2 is 2.33 bits per heavy atom. The first-order valence-corrected chi connectivity index (χ1v) is 5.94. The van der Waals surface area contributed by atoms with Crippen LogP contribution < -0.4 is 5.73 Å². The molecule has 1 heterocycles. The Labute approximate surface area is 95.3 Å². The molecule has 0 amide bonds. The molecule has 1 aromatic rings. The number of anilines is 1. The van der Waals surface area contributed by atoms with Crippen molar-refractivity contribution >= 4 is 34.2 Å². The number of hydrogen-bond donors (Lipinski definition) is 3. The topological polar surface area (TPSA) is 96.4 Å². The molecule has 84 valence electrons. The SMILES string of the molecule is Cc1nc(N)sc1SCC(C)(O)C(=O)O. The van der Waals surface area contributed by atoms with E-state index in [1.807, 2.05) is 0 Å². The first-order chi connectivity index (χ1) is 6.83. The number of aliphatic carboxylic acids is 1. The number of aryl methyl sites for hydroxylation is 1. The van der Waals surface area contributed by atoms with Crippen molar-refractivity contribution in [3.05, 3.63) is 5.69 Å². The van der Waals surface area contributed by atoms with E-state index in [2.05, 4.69) is 4.98 Å². The van der Waals surface area contributed by atoms with Gasteiger partial charge < -0.3 is 15.9 Å². The number of aliphatic hydroxyl groups is 1. The van der Waals surface area contributed by atoms with Crippen LogP contribution in [0.1, 0.15) is 12.6 Å². The van der Waals surface area contributed by atoms with Crippen molar-refractivity contribution < 1.29 is 15.0 Å². The Morgan fingerprint density at radius 3 is 2.73 bits per heavy atom. The van der Waals surface area contributed by atoms with Crippen molar-refractivity contribution in [1.82, 2.24) is 4.98 Å². The second kappa shape index (κ2) is 4.38. The van der Waals surface area contributed by atoms with E-state index >= 15 is 0 Å². The number of thiazole rings is 1. The highest BCUT2D eigenvalue weighted by molar-refractivity contribution is 8.01. The Kier molecular flexibility index (Phi) is 3.58. The average Bonchev–Trinajstić information content (AvgIpc) is 2.41. The van der Waals surface area contributed by atoms with Crippen LogP contribution in [0.4, 0.5) is 5.13 Å². The molecule has 0 aliphatic rings. The summed E-state index contributed by atoms with van der Waals surface area (Å²) in [4.78, 5) is 14.6. The monoisotopic (exact) mass is 248 g/mol. The lowest BCUT2D eigenvalue weighted by molar-refractivity contribution is -0.154. The lowest BCUT2D eigenvalue weighted by Crippen LogP contribution is -2.37. The largest absolute Gasteiger partial charge is 0.479 e. The maximum Gasteiger partial charge on any atom is 0.336 e. The van der Waals surface area contributed by atoms with Gasteiger partial charge in [0.1, 0.15) is 0 Å². The minimum atomic E-state index is -1.73. The molecule has 0 radical (unpaired) electrons. The molecule has 0 aliphatic heterocycles. The van der Waals surface area contributed by atoms with E-state index in [-0.39, 0.29) is 5.75 Å². The predicted molar refractivity (Wildman–Crippen MR) is 60.2 cm³/mol. The fourth-order valence-electron chi connectivity index (χ4n) is 0.804. The third-order valence-corrected chi connectivity index (χ3v) is 4.36. The van der Waals surface area contributed by atoms with Gasteiger partial charge in [-0.1, -0.05) is 11.3 Å². The van der Waals surface area contributed by atoms with Gasteiger partial charge in [-0.25, -0.2) is 9.78 Å². The summed E-state index contributed by atoms with van der Waals surface area (Å²) in [5.41, 5.74) is 4.53. The van der Waals surface area contributed by atoms with E-state index in [0.717, 1.165) is 9.90 Å². The van der Waals surface area contributed by atoms with Crippen LogP contribution >= 0.6 is 23.1 Å². The first-order valence-electron chi connectivity index (χ1n) is 4.14. The zero-order valence-electron chi connectivity index (χ0n) is 8.35. The molecule has 0 fully saturated rings. The minimum Gasteiger partial charge on any atom is -0.479 e. The number of rotatable bonds is 4. The first kappa shape index (κ1) is 12.3. The minimum absolute atomic E-state index is 0.0742. The molecule has 7 heteroatoms. The molecule has 0 bridgehead atoms. The van der Waals surface area contributed by atoms with Crippen LogP contribution in [0.25, 0.3) is 0 Å². The third-order valence-electron chi connectivity index (χ3n) is 1.72. The van der Waals surface area contributed by atoms with Gasteiger partial charge in [0.2, 0.25) is 0 Å². The van der Waals surface area contributed by atoms with Gasteiger partial charge in [0.25, 0.3) is 0 Å². The number of carboxylic acids is 1. The maximum atomic E-state index is 10.6. The number of nitrogens with zero attached hydrogens (tertiary/aromatic N) is 1. The molecule has 0 spiro atoms. The number of thioether (sulfide) groups is 1. The Balaban J connectivity index is 2.65. The molecule has 15 heavy (non-hydrogen) atoms. The Bertz CT molecular complexity index is 376. The Hall–Kier alpha value is -0.790. The highest BCUT2D eigenvalue weighted by Crippen LogP contribution is 2.32. The lowest BCUT2D eigenvalue weighted by Gasteiger charge is -2.16. The summed E-state index contributed by atoms with van der Waals surface area (Å²) in [5.74, 6) is -1.16. The van der Waals surface area contributed by atoms with E-state index in [0.29, 0.717) is 5.13 Å². The standard InChI is InChI=1S/C8H12N2O3S2/c1-4-5(15-7(9)10-4)14-3-8(2,13)6(11)12/h13H,3H2,1-2H3,(H2,9,10)(H,11,12). The summed E-state index contributed by atoms with van der Waals surface area (Å²) in [6, 6.07) is 0. The van der Waals surface area contributed by atoms with Gasteiger partial charge in [-0.2, -0.15) is 0 Å². The van der Waals surface area contributed by atoms with Gasteiger partial charge in [-0.05, 0) is 13.8 Å². The second-order valence-electron chi connectivity index (χ2n) is 3.29. The van der Waals surface area contributed by atoms with E-state index in [9.17, 15) is 9.90 Å². The average molecular weight is 248 g/mol. The predicted octanol–water partition coefficient (Wildman–Crippen LogP) is 0.961. The number of nitrogen functional groups attached to an aromatic ring is 1. The molecule has 1 unspecified atom stereocenters. The van der Waals surface area contributed by atoms with Crippen molar-refractivity contribution in [2.75, 3.05) is 11.5 Å². The van der Waals surface area contributed by atoms with Gasteiger partial charge in [0, 0.05) is 5.75 Å². The molecular weight excluding hydrogens is 236 g/mol. The van der Waals surface area contributed by atoms with Crippen molar-refractivity contribution in [3.8, 4) is 0 Å². The fourth-order valence-corrected chi connectivity index (χ4v) is 2.83. The quantitative estimate of drug-likeness (QED) is 0.687. The summed E-state index contributed by atoms with van der Waals surface area (Å²) >= 11 is 2.54. The summed E-state index contributed by atoms with van der Waals surface area (Å²) in [7, 11) is 0. The Morgan fingerprint density at radius 1 is 1.73 bits per heavy atom. The third kappa shape index (κ3) is 3.08. The van der Waals surface area contributed by atoms with Crippen molar-refractivity contribution in [2.24, 2.45) is 0 Å². The molecule has 1 rings (SSSR count). The van der Waals surface area contributed by atoms with Gasteiger partial charge in [-0.3, -0.25) is 0 Å². The zero-order chi connectivity index (χ0) is 11.6. The van der Waals surface area contributed by atoms with Crippen molar-refractivity contribution in [2.45, 2.75) is 23.7 Å². The summed E-state index contributed by atoms with van der Waals surface area (Å²) in [5, 5.41) is 18.6. The number of carbonyl (C=O) groups is 1. The number of hydrogen-bond acceptors (Lipinski definition) is 6.